The molecular weight excluding hydrogens is 793 g/mol. The van der Waals surface area contributed by atoms with Crippen molar-refractivity contribution in [2.75, 3.05) is 13.2 Å². The Morgan fingerprint density at radius 2 is 0.422 bits per heavy atom. The molecule has 0 aromatic carbocycles. The Hall–Kier alpha value is -1.59. The summed E-state index contributed by atoms with van der Waals surface area (Å²) in [7, 11) is 0. The summed E-state index contributed by atoms with van der Waals surface area (Å²) in [5.41, 5.74) is 0. The third-order valence-corrected chi connectivity index (χ3v) is 13.4. The molecule has 0 rings (SSSR count). The molecule has 0 bridgehead atoms. The standard InChI is InChI=1S/C58H112O6/c1-4-7-10-13-16-19-22-25-27-28-29-31-33-36-39-42-45-48-51-57(60)63-54-55(53-62-56(59)50-47-44-41-38-35-32-24-21-18-15-12-9-6-3)64-58(61)52-49-46-43-40-37-34-30-26-23-20-17-14-11-8-5-2/h55H,4-54H2,1-3H3/t55-/m0/s1. The summed E-state index contributed by atoms with van der Waals surface area (Å²) in [6.07, 6.45) is 59.5. The molecule has 0 aliphatic carbocycles. The number of hydrogen-bond acceptors (Lipinski definition) is 6. The van der Waals surface area contributed by atoms with Crippen molar-refractivity contribution in [3.05, 3.63) is 0 Å². The first kappa shape index (κ1) is 62.4. The van der Waals surface area contributed by atoms with E-state index >= 15 is 0 Å². The molecule has 0 radical (unpaired) electrons. The fourth-order valence-corrected chi connectivity index (χ4v) is 8.98. The van der Waals surface area contributed by atoms with Gasteiger partial charge in [-0.25, -0.2) is 0 Å². The molecule has 0 aliphatic rings. The van der Waals surface area contributed by atoms with Crippen LogP contribution >= 0.6 is 0 Å². The Bertz CT molecular complexity index is 951. The highest BCUT2D eigenvalue weighted by Gasteiger charge is 2.19. The summed E-state index contributed by atoms with van der Waals surface area (Å²) >= 11 is 0. The van der Waals surface area contributed by atoms with Gasteiger partial charge in [0.15, 0.2) is 6.10 Å². The summed E-state index contributed by atoms with van der Waals surface area (Å²) < 4.78 is 16.9. The van der Waals surface area contributed by atoms with Gasteiger partial charge in [0.05, 0.1) is 0 Å². The van der Waals surface area contributed by atoms with Crippen LogP contribution in [0.4, 0.5) is 0 Å². The third-order valence-electron chi connectivity index (χ3n) is 13.4. The maximum Gasteiger partial charge on any atom is 0.306 e. The van der Waals surface area contributed by atoms with E-state index in [9.17, 15) is 14.4 Å². The molecule has 0 heterocycles. The van der Waals surface area contributed by atoms with Crippen LogP contribution in [0.15, 0.2) is 0 Å². The van der Waals surface area contributed by atoms with Crippen molar-refractivity contribution in [1.82, 2.24) is 0 Å². The van der Waals surface area contributed by atoms with Crippen LogP contribution in [-0.2, 0) is 28.6 Å². The second-order valence-corrected chi connectivity index (χ2v) is 19.9. The first-order valence-corrected chi connectivity index (χ1v) is 29.0. The molecule has 64 heavy (non-hydrogen) atoms. The van der Waals surface area contributed by atoms with E-state index in [1.165, 1.54) is 238 Å². The Kier molecular flexibility index (Phi) is 52.7. The smallest absolute Gasteiger partial charge is 0.306 e. The van der Waals surface area contributed by atoms with Crippen LogP contribution in [0, 0.1) is 0 Å². The van der Waals surface area contributed by atoms with Crippen LogP contribution in [0.3, 0.4) is 0 Å². The normalized spacial score (nSPS) is 11.9. The number of hydrogen-bond donors (Lipinski definition) is 0. The zero-order chi connectivity index (χ0) is 46.5. The van der Waals surface area contributed by atoms with Crippen molar-refractivity contribution in [3.8, 4) is 0 Å². The van der Waals surface area contributed by atoms with Gasteiger partial charge in [0.2, 0.25) is 0 Å². The number of carbonyl (C=O) groups excluding carboxylic acids is 3. The minimum atomic E-state index is -0.760. The number of carbonyl (C=O) groups is 3. The molecule has 0 spiro atoms. The average molecular weight is 906 g/mol. The third kappa shape index (κ3) is 51.4. The quantitative estimate of drug-likeness (QED) is 0.0344. The lowest BCUT2D eigenvalue weighted by Gasteiger charge is -2.18. The SMILES string of the molecule is CCCCCCCCCCCCCCCCCCCCC(=O)OC[C@H](COC(=O)CCCCCCCCCCCCCCC)OC(=O)CCCCCCCCCCCCCCCCC. The molecular formula is C58H112O6. The Balaban J connectivity index is 4.27. The van der Waals surface area contributed by atoms with Gasteiger partial charge in [-0.1, -0.05) is 297 Å². The van der Waals surface area contributed by atoms with Crippen LogP contribution in [-0.4, -0.2) is 37.2 Å². The van der Waals surface area contributed by atoms with Gasteiger partial charge < -0.3 is 14.2 Å². The van der Waals surface area contributed by atoms with E-state index in [0.29, 0.717) is 19.3 Å². The van der Waals surface area contributed by atoms with Gasteiger partial charge in [0.1, 0.15) is 13.2 Å². The van der Waals surface area contributed by atoms with E-state index in [2.05, 4.69) is 20.8 Å². The van der Waals surface area contributed by atoms with Crippen molar-refractivity contribution >= 4 is 17.9 Å². The molecule has 0 saturated carbocycles. The number of unbranched alkanes of at least 4 members (excludes halogenated alkanes) is 43. The fourth-order valence-electron chi connectivity index (χ4n) is 8.98. The van der Waals surface area contributed by atoms with Gasteiger partial charge in [0.25, 0.3) is 0 Å². The fraction of sp³-hybridized carbons (Fsp3) is 0.948. The predicted molar refractivity (Wildman–Crippen MR) is 275 cm³/mol. The second-order valence-electron chi connectivity index (χ2n) is 19.9. The molecule has 0 fully saturated rings. The maximum absolute atomic E-state index is 12.8. The molecule has 0 aromatic heterocycles. The minimum absolute atomic E-state index is 0.0610. The highest BCUT2D eigenvalue weighted by atomic mass is 16.6. The zero-order valence-electron chi connectivity index (χ0n) is 43.6. The second kappa shape index (κ2) is 54.0. The molecule has 6 heteroatoms. The maximum atomic E-state index is 12.8. The summed E-state index contributed by atoms with van der Waals surface area (Å²) in [6.45, 7) is 6.71. The zero-order valence-corrected chi connectivity index (χ0v) is 43.6. The van der Waals surface area contributed by atoms with Crippen molar-refractivity contribution in [3.63, 3.8) is 0 Å². The molecule has 0 aromatic rings. The average Bonchev–Trinajstić information content (AvgIpc) is 3.29. The Morgan fingerprint density at radius 3 is 0.625 bits per heavy atom. The van der Waals surface area contributed by atoms with Crippen LogP contribution < -0.4 is 0 Å². The van der Waals surface area contributed by atoms with Crippen LogP contribution in [0.5, 0.6) is 0 Å². The lowest BCUT2D eigenvalue weighted by Crippen LogP contribution is -2.30. The molecule has 0 aliphatic heterocycles. The van der Waals surface area contributed by atoms with Gasteiger partial charge >= 0.3 is 17.9 Å². The van der Waals surface area contributed by atoms with E-state index < -0.39 is 6.10 Å². The van der Waals surface area contributed by atoms with Crippen molar-refractivity contribution in [2.45, 2.75) is 341 Å². The first-order valence-electron chi connectivity index (χ1n) is 29.0. The van der Waals surface area contributed by atoms with Crippen molar-refractivity contribution in [1.29, 1.82) is 0 Å². The highest BCUT2D eigenvalue weighted by Crippen LogP contribution is 2.18. The molecule has 0 saturated heterocycles. The predicted octanol–water partition coefficient (Wildman–Crippen LogP) is 19.2. The Morgan fingerprint density at radius 1 is 0.250 bits per heavy atom. The topological polar surface area (TPSA) is 78.9 Å². The van der Waals surface area contributed by atoms with E-state index in [4.69, 9.17) is 14.2 Å². The minimum Gasteiger partial charge on any atom is -0.462 e. The summed E-state index contributed by atoms with van der Waals surface area (Å²) in [4.78, 5) is 38.1. The summed E-state index contributed by atoms with van der Waals surface area (Å²) in [5, 5.41) is 0. The van der Waals surface area contributed by atoms with Gasteiger partial charge in [-0.05, 0) is 19.3 Å². The first-order chi connectivity index (χ1) is 31.5. The van der Waals surface area contributed by atoms with Gasteiger partial charge in [-0.15, -0.1) is 0 Å². The largest absolute Gasteiger partial charge is 0.462 e. The van der Waals surface area contributed by atoms with Gasteiger partial charge in [-0.2, -0.15) is 0 Å². The van der Waals surface area contributed by atoms with Gasteiger partial charge in [0, 0.05) is 19.3 Å². The van der Waals surface area contributed by atoms with E-state index in [-0.39, 0.29) is 31.1 Å². The Labute approximate surface area is 399 Å². The highest BCUT2D eigenvalue weighted by molar-refractivity contribution is 5.71. The van der Waals surface area contributed by atoms with E-state index in [1.807, 2.05) is 0 Å². The summed E-state index contributed by atoms with van der Waals surface area (Å²) in [6, 6.07) is 0. The van der Waals surface area contributed by atoms with Crippen LogP contribution in [0.2, 0.25) is 0 Å². The van der Waals surface area contributed by atoms with Crippen molar-refractivity contribution < 1.29 is 28.6 Å². The van der Waals surface area contributed by atoms with E-state index in [0.717, 1.165) is 57.8 Å². The molecule has 0 N–H and O–H groups in total. The molecule has 0 amide bonds. The van der Waals surface area contributed by atoms with Crippen molar-refractivity contribution in [2.24, 2.45) is 0 Å². The molecule has 1 atom stereocenters. The molecule has 0 unspecified atom stereocenters. The lowest BCUT2D eigenvalue weighted by molar-refractivity contribution is -0.167. The lowest BCUT2D eigenvalue weighted by atomic mass is 10.0. The van der Waals surface area contributed by atoms with Crippen LogP contribution in [0.25, 0.3) is 0 Å². The van der Waals surface area contributed by atoms with Crippen LogP contribution in [0.1, 0.15) is 335 Å². The number of ether oxygens (including phenoxy) is 3. The number of esters is 3. The number of rotatable bonds is 54. The molecule has 6 nitrogen and oxygen atoms in total. The summed E-state index contributed by atoms with van der Waals surface area (Å²) in [5.74, 6) is -0.832. The van der Waals surface area contributed by atoms with E-state index in [1.54, 1.807) is 0 Å². The molecule has 380 valence electrons. The monoisotopic (exact) mass is 905 g/mol. The van der Waals surface area contributed by atoms with Gasteiger partial charge in [-0.3, -0.25) is 14.4 Å².